The molecule has 0 saturated carbocycles. The molecule has 19 heavy (non-hydrogen) atoms. The molecule has 1 rings (SSSR count). The van der Waals surface area contributed by atoms with E-state index < -0.39 is 0 Å². The van der Waals surface area contributed by atoms with Gasteiger partial charge in [0.05, 0.1) is 0 Å². The van der Waals surface area contributed by atoms with Gasteiger partial charge in [0.2, 0.25) is 0 Å². The van der Waals surface area contributed by atoms with Crippen LogP contribution in [0.4, 0.5) is 4.39 Å². The SMILES string of the molecule is CC(C)CN=C(N)NCCSc1ccc(F)cc1.I. The van der Waals surface area contributed by atoms with E-state index in [1.165, 1.54) is 12.1 Å². The number of guanidine groups is 1. The fourth-order valence-electron chi connectivity index (χ4n) is 1.22. The van der Waals surface area contributed by atoms with Gasteiger partial charge in [-0.2, -0.15) is 0 Å². The van der Waals surface area contributed by atoms with E-state index in [1.807, 2.05) is 0 Å². The van der Waals surface area contributed by atoms with Crippen LogP contribution in [0.2, 0.25) is 0 Å². The van der Waals surface area contributed by atoms with Gasteiger partial charge in [-0.1, -0.05) is 13.8 Å². The molecule has 3 N–H and O–H groups in total. The van der Waals surface area contributed by atoms with Gasteiger partial charge in [0.1, 0.15) is 5.82 Å². The molecule has 0 fully saturated rings. The van der Waals surface area contributed by atoms with E-state index in [4.69, 9.17) is 5.73 Å². The highest BCUT2D eigenvalue weighted by Crippen LogP contribution is 2.16. The van der Waals surface area contributed by atoms with Crippen molar-refractivity contribution in [3.63, 3.8) is 0 Å². The molecule has 0 aliphatic rings. The molecular formula is C13H21FIN3S. The highest BCUT2D eigenvalue weighted by atomic mass is 127. The lowest BCUT2D eigenvalue weighted by Gasteiger charge is -2.06. The summed E-state index contributed by atoms with van der Waals surface area (Å²) in [4.78, 5) is 5.26. The number of rotatable bonds is 6. The Hall–Kier alpha value is -0.500. The van der Waals surface area contributed by atoms with Gasteiger partial charge in [-0.25, -0.2) is 4.39 Å². The van der Waals surface area contributed by atoms with Crippen molar-refractivity contribution in [1.82, 2.24) is 5.32 Å². The number of halogens is 2. The average molecular weight is 397 g/mol. The highest BCUT2D eigenvalue weighted by molar-refractivity contribution is 14.0. The van der Waals surface area contributed by atoms with Crippen molar-refractivity contribution in [1.29, 1.82) is 0 Å². The lowest BCUT2D eigenvalue weighted by atomic mass is 10.2. The minimum Gasteiger partial charge on any atom is -0.370 e. The smallest absolute Gasteiger partial charge is 0.188 e. The van der Waals surface area contributed by atoms with E-state index in [-0.39, 0.29) is 29.8 Å². The monoisotopic (exact) mass is 397 g/mol. The standard InChI is InChI=1S/C13H20FN3S.HI/c1-10(2)9-17-13(15)16-7-8-18-12-5-3-11(14)4-6-12;/h3-6,10H,7-9H2,1-2H3,(H3,15,16,17);1H. The summed E-state index contributed by atoms with van der Waals surface area (Å²) in [5.41, 5.74) is 5.70. The summed E-state index contributed by atoms with van der Waals surface area (Å²) in [7, 11) is 0. The third kappa shape index (κ3) is 9.10. The molecule has 6 heteroatoms. The fourth-order valence-corrected chi connectivity index (χ4v) is 1.98. The normalized spacial score (nSPS) is 11.3. The van der Waals surface area contributed by atoms with Crippen LogP contribution in [0, 0.1) is 11.7 Å². The number of nitrogens with two attached hydrogens (primary N) is 1. The van der Waals surface area contributed by atoms with E-state index in [0.29, 0.717) is 11.9 Å². The second kappa shape index (κ2) is 10.3. The summed E-state index contributed by atoms with van der Waals surface area (Å²) in [5.74, 6) is 1.66. The molecule has 0 aliphatic carbocycles. The zero-order valence-electron chi connectivity index (χ0n) is 11.2. The van der Waals surface area contributed by atoms with Crippen molar-refractivity contribution in [2.24, 2.45) is 16.6 Å². The third-order valence-corrected chi connectivity index (χ3v) is 3.13. The van der Waals surface area contributed by atoms with Crippen LogP contribution < -0.4 is 11.1 Å². The van der Waals surface area contributed by atoms with Gasteiger partial charge in [-0.05, 0) is 30.2 Å². The average Bonchev–Trinajstić information content (AvgIpc) is 2.34. The first-order valence-corrected chi connectivity index (χ1v) is 6.98. The van der Waals surface area contributed by atoms with Gasteiger partial charge >= 0.3 is 0 Å². The number of aliphatic imine (C=N–C) groups is 1. The number of benzene rings is 1. The van der Waals surface area contributed by atoms with E-state index in [0.717, 1.165) is 23.7 Å². The number of nitrogens with one attached hydrogen (secondary N) is 1. The molecule has 0 aromatic heterocycles. The molecule has 0 atom stereocenters. The molecule has 3 nitrogen and oxygen atoms in total. The van der Waals surface area contributed by atoms with E-state index in [1.54, 1.807) is 23.9 Å². The van der Waals surface area contributed by atoms with Crippen molar-refractivity contribution in [2.45, 2.75) is 18.7 Å². The number of nitrogens with zero attached hydrogens (tertiary/aromatic N) is 1. The van der Waals surface area contributed by atoms with Crippen LogP contribution in [0.3, 0.4) is 0 Å². The van der Waals surface area contributed by atoms with Crippen LogP contribution in [0.1, 0.15) is 13.8 Å². The summed E-state index contributed by atoms with van der Waals surface area (Å²) in [6, 6.07) is 6.48. The molecule has 0 unspecified atom stereocenters. The Kier molecular flexibility index (Phi) is 10.0. The second-order valence-corrected chi connectivity index (χ2v) is 5.52. The van der Waals surface area contributed by atoms with Gasteiger partial charge in [-0.15, -0.1) is 35.7 Å². The number of thioether (sulfide) groups is 1. The van der Waals surface area contributed by atoms with Gasteiger partial charge in [0, 0.05) is 23.7 Å². The first-order valence-electron chi connectivity index (χ1n) is 6.00. The van der Waals surface area contributed by atoms with Gasteiger partial charge in [-0.3, -0.25) is 4.99 Å². The van der Waals surface area contributed by atoms with Crippen LogP contribution in [0.15, 0.2) is 34.2 Å². The Bertz CT molecular complexity index is 382. The third-order valence-electron chi connectivity index (χ3n) is 2.12. The predicted octanol–water partition coefficient (Wildman–Crippen LogP) is 3.10. The largest absolute Gasteiger partial charge is 0.370 e. The van der Waals surface area contributed by atoms with E-state index in [2.05, 4.69) is 24.2 Å². The first kappa shape index (κ1) is 18.5. The second-order valence-electron chi connectivity index (χ2n) is 4.35. The van der Waals surface area contributed by atoms with Crippen LogP contribution in [-0.4, -0.2) is 24.8 Å². The van der Waals surface area contributed by atoms with Gasteiger partial charge in [0.25, 0.3) is 0 Å². The highest BCUT2D eigenvalue weighted by Gasteiger charge is 1.96. The Morgan fingerprint density at radius 3 is 2.58 bits per heavy atom. The van der Waals surface area contributed by atoms with Crippen molar-refractivity contribution in [2.75, 3.05) is 18.8 Å². The zero-order valence-corrected chi connectivity index (χ0v) is 14.4. The lowest BCUT2D eigenvalue weighted by molar-refractivity contribution is 0.626. The summed E-state index contributed by atoms with van der Waals surface area (Å²) >= 11 is 1.66. The van der Waals surface area contributed by atoms with Crippen LogP contribution in [0.25, 0.3) is 0 Å². The van der Waals surface area contributed by atoms with Crippen molar-refractivity contribution in [3.8, 4) is 0 Å². The van der Waals surface area contributed by atoms with Crippen LogP contribution >= 0.6 is 35.7 Å². The number of hydrogen-bond donors (Lipinski definition) is 2. The maximum atomic E-state index is 12.7. The topological polar surface area (TPSA) is 50.4 Å². The molecule has 1 aromatic carbocycles. The van der Waals surface area contributed by atoms with Crippen molar-refractivity contribution < 1.29 is 4.39 Å². The first-order chi connectivity index (χ1) is 8.58. The van der Waals surface area contributed by atoms with Crippen LogP contribution in [-0.2, 0) is 0 Å². The molecule has 0 amide bonds. The molecular weight excluding hydrogens is 376 g/mol. The molecule has 0 heterocycles. The summed E-state index contributed by atoms with van der Waals surface area (Å²) in [5, 5.41) is 3.05. The van der Waals surface area contributed by atoms with Gasteiger partial charge in [0.15, 0.2) is 5.96 Å². The van der Waals surface area contributed by atoms with E-state index in [9.17, 15) is 4.39 Å². The molecule has 1 aromatic rings. The van der Waals surface area contributed by atoms with E-state index >= 15 is 0 Å². The lowest BCUT2D eigenvalue weighted by Crippen LogP contribution is -2.33. The number of hydrogen-bond acceptors (Lipinski definition) is 2. The van der Waals surface area contributed by atoms with Crippen molar-refractivity contribution >= 4 is 41.7 Å². The molecule has 0 saturated heterocycles. The molecule has 0 spiro atoms. The van der Waals surface area contributed by atoms with Crippen molar-refractivity contribution in [3.05, 3.63) is 30.1 Å². The summed E-state index contributed by atoms with van der Waals surface area (Å²) in [6.07, 6.45) is 0. The Labute approximate surface area is 135 Å². The minimum atomic E-state index is -0.206. The molecule has 0 aliphatic heterocycles. The Morgan fingerprint density at radius 2 is 2.00 bits per heavy atom. The Balaban J connectivity index is 0.00000324. The molecule has 108 valence electrons. The summed E-state index contributed by atoms with van der Waals surface area (Å²) in [6.45, 7) is 5.68. The summed E-state index contributed by atoms with van der Waals surface area (Å²) < 4.78 is 12.7. The molecule has 0 radical (unpaired) electrons. The predicted molar refractivity (Wildman–Crippen MR) is 91.9 cm³/mol. The maximum Gasteiger partial charge on any atom is 0.188 e. The molecule has 0 bridgehead atoms. The zero-order chi connectivity index (χ0) is 13.4. The fraction of sp³-hybridized carbons (Fsp3) is 0.462. The van der Waals surface area contributed by atoms with Gasteiger partial charge < -0.3 is 11.1 Å². The minimum absolute atomic E-state index is 0. The quantitative estimate of drug-likeness (QED) is 0.255. The van der Waals surface area contributed by atoms with Crippen LogP contribution in [0.5, 0.6) is 0 Å². The maximum absolute atomic E-state index is 12.7. The Morgan fingerprint density at radius 1 is 1.37 bits per heavy atom.